The number of carbonyl (C=O) groups excluding carboxylic acids is 1. The summed E-state index contributed by atoms with van der Waals surface area (Å²) in [7, 11) is 3.16. The molecule has 2 N–H and O–H groups in total. The molecule has 3 unspecified atom stereocenters. The van der Waals surface area contributed by atoms with E-state index in [1.165, 1.54) is 0 Å². The third-order valence-corrected chi connectivity index (χ3v) is 4.59. The molecule has 3 atom stereocenters. The average molecular weight is 358 g/mol. The first-order valence-corrected chi connectivity index (χ1v) is 8.42. The van der Waals surface area contributed by atoms with Crippen LogP contribution in [0.25, 0.3) is 0 Å². The SMILES string of the molecule is CCOC(=O)C1CC(c2ccc(OC)c(OC)c2)N2NC=C(C#N)C2N1. The van der Waals surface area contributed by atoms with Crippen LogP contribution in [0.5, 0.6) is 11.5 Å². The van der Waals surface area contributed by atoms with Gasteiger partial charge < -0.3 is 19.6 Å². The summed E-state index contributed by atoms with van der Waals surface area (Å²) in [5, 5.41) is 14.5. The molecule has 0 aromatic heterocycles. The van der Waals surface area contributed by atoms with Gasteiger partial charge in [0.15, 0.2) is 11.5 Å². The van der Waals surface area contributed by atoms with E-state index in [2.05, 4.69) is 16.8 Å². The van der Waals surface area contributed by atoms with Crippen LogP contribution in [0.1, 0.15) is 24.9 Å². The summed E-state index contributed by atoms with van der Waals surface area (Å²) in [5.41, 5.74) is 4.59. The van der Waals surface area contributed by atoms with E-state index < -0.39 is 12.2 Å². The van der Waals surface area contributed by atoms with Gasteiger partial charge in [0.25, 0.3) is 0 Å². The van der Waals surface area contributed by atoms with Gasteiger partial charge in [-0.05, 0) is 31.0 Å². The third kappa shape index (κ3) is 3.19. The van der Waals surface area contributed by atoms with Gasteiger partial charge >= 0.3 is 5.97 Å². The number of nitriles is 1. The van der Waals surface area contributed by atoms with Crippen molar-refractivity contribution < 1.29 is 19.0 Å². The van der Waals surface area contributed by atoms with Crippen molar-refractivity contribution in [3.63, 3.8) is 0 Å². The molecule has 8 nitrogen and oxygen atoms in total. The van der Waals surface area contributed by atoms with E-state index in [0.717, 1.165) is 5.56 Å². The number of hydrazine groups is 1. The van der Waals surface area contributed by atoms with E-state index in [9.17, 15) is 10.1 Å². The number of esters is 1. The van der Waals surface area contributed by atoms with E-state index in [1.54, 1.807) is 27.3 Å². The minimum absolute atomic E-state index is 0.155. The average Bonchev–Trinajstić information content (AvgIpc) is 3.09. The fourth-order valence-electron chi connectivity index (χ4n) is 3.34. The van der Waals surface area contributed by atoms with E-state index in [-0.39, 0.29) is 12.0 Å². The Kier molecular flexibility index (Phi) is 5.30. The van der Waals surface area contributed by atoms with Crippen LogP contribution in [0.4, 0.5) is 0 Å². The summed E-state index contributed by atoms with van der Waals surface area (Å²) in [4.78, 5) is 12.3. The van der Waals surface area contributed by atoms with Crippen LogP contribution in [0.15, 0.2) is 30.0 Å². The van der Waals surface area contributed by atoms with Crippen molar-refractivity contribution in [1.82, 2.24) is 15.8 Å². The molecule has 2 aliphatic heterocycles. The lowest BCUT2D eigenvalue weighted by atomic mass is 9.94. The lowest BCUT2D eigenvalue weighted by Gasteiger charge is -2.41. The molecule has 0 bridgehead atoms. The van der Waals surface area contributed by atoms with Crippen molar-refractivity contribution in [3.8, 4) is 17.6 Å². The highest BCUT2D eigenvalue weighted by Crippen LogP contribution is 2.37. The highest BCUT2D eigenvalue weighted by molar-refractivity contribution is 5.76. The molecular formula is C18H22N4O4. The number of nitrogens with one attached hydrogen (secondary N) is 2. The summed E-state index contributed by atoms with van der Waals surface area (Å²) in [6, 6.07) is 7.16. The number of carbonyl (C=O) groups is 1. The molecule has 8 heteroatoms. The Hall–Kier alpha value is -2.76. The first-order valence-electron chi connectivity index (χ1n) is 8.42. The minimum atomic E-state index is -0.508. The van der Waals surface area contributed by atoms with Gasteiger partial charge in [0.2, 0.25) is 0 Å². The van der Waals surface area contributed by atoms with Crippen molar-refractivity contribution in [3.05, 3.63) is 35.5 Å². The quantitative estimate of drug-likeness (QED) is 0.759. The second-order valence-electron chi connectivity index (χ2n) is 5.99. The maximum atomic E-state index is 12.3. The molecule has 26 heavy (non-hydrogen) atoms. The largest absolute Gasteiger partial charge is 0.493 e. The minimum Gasteiger partial charge on any atom is -0.493 e. The van der Waals surface area contributed by atoms with E-state index in [0.29, 0.717) is 30.1 Å². The Morgan fingerprint density at radius 1 is 1.35 bits per heavy atom. The smallest absolute Gasteiger partial charge is 0.323 e. The van der Waals surface area contributed by atoms with E-state index in [1.807, 2.05) is 23.2 Å². The fourth-order valence-corrected chi connectivity index (χ4v) is 3.34. The van der Waals surface area contributed by atoms with Crippen LogP contribution >= 0.6 is 0 Å². The third-order valence-electron chi connectivity index (χ3n) is 4.59. The second-order valence-corrected chi connectivity index (χ2v) is 5.99. The molecule has 0 spiro atoms. The number of hydrogen-bond donors (Lipinski definition) is 2. The zero-order chi connectivity index (χ0) is 18.7. The van der Waals surface area contributed by atoms with Gasteiger partial charge in [-0.3, -0.25) is 10.1 Å². The van der Waals surface area contributed by atoms with Crippen molar-refractivity contribution in [2.45, 2.75) is 31.6 Å². The molecule has 0 aliphatic carbocycles. The first-order chi connectivity index (χ1) is 12.6. The molecule has 0 amide bonds. The number of nitrogens with zero attached hydrogens (tertiary/aromatic N) is 2. The van der Waals surface area contributed by atoms with Crippen LogP contribution in [0.3, 0.4) is 0 Å². The van der Waals surface area contributed by atoms with Crippen molar-refractivity contribution in [2.24, 2.45) is 0 Å². The molecular weight excluding hydrogens is 336 g/mol. The van der Waals surface area contributed by atoms with Gasteiger partial charge in [0, 0.05) is 6.20 Å². The van der Waals surface area contributed by atoms with Crippen LogP contribution in [-0.4, -0.2) is 44.0 Å². The number of fused-ring (bicyclic) bond motifs is 1. The maximum absolute atomic E-state index is 12.3. The fraction of sp³-hybridized carbons (Fsp3) is 0.444. The number of methoxy groups -OCH3 is 2. The Morgan fingerprint density at radius 2 is 2.12 bits per heavy atom. The molecule has 1 saturated heterocycles. The highest BCUT2D eigenvalue weighted by atomic mass is 16.5. The highest BCUT2D eigenvalue weighted by Gasteiger charge is 2.43. The van der Waals surface area contributed by atoms with Gasteiger partial charge in [-0.15, -0.1) is 0 Å². The summed E-state index contributed by atoms with van der Waals surface area (Å²) in [5.74, 6) is 0.927. The molecule has 2 heterocycles. The normalized spacial score (nSPS) is 24.7. The molecule has 0 saturated carbocycles. The topological polar surface area (TPSA) is 95.9 Å². The van der Waals surface area contributed by atoms with Crippen LogP contribution in [-0.2, 0) is 9.53 Å². The van der Waals surface area contributed by atoms with Crippen LogP contribution in [0.2, 0.25) is 0 Å². The molecule has 1 aromatic carbocycles. The lowest BCUT2D eigenvalue weighted by molar-refractivity contribution is -0.148. The number of benzene rings is 1. The van der Waals surface area contributed by atoms with E-state index >= 15 is 0 Å². The van der Waals surface area contributed by atoms with Crippen LogP contribution in [0, 0.1) is 11.3 Å². The summed E-state index contributed by atoms with van der Waals surface area (Å²) in [6.45, 7) is 2.09. The van der Waals surface area contributed by atoms with Gasteiger partial charge in [0.05, 0.1) is 38.5 Å². The number of rotatable bonds is 5. The number of ether oxygens (including phenoxy) is 3. The molecule has 2 aliphatic rings. The predicted octanol–water partition coefficient (Wildman–Crippen LogP) is 1.22. The monoisotopic (exact) mass is 358 g/mol. The van der Waals surface area contributed by atoms with Gasteiger partial charge in [-0.1, -0.05) is 6.07 Å². The Balaban J connectivity index is 1.94. The van der Waals surface area contributed by atoms with Crippen molar-refractivity contribution in [1.29, 1.82) is 5.26 Å². The van der Waals surface area contributed by atoms with Crippen LogP contribution < -0.4 is 20.2 Å². The van der Waals surface area contributed by atoms with E-state index in [4.69, 9.17) is 14.2 Å². The standard InChI is InChI=1S/C18H22N4O4/c1-4-26-18(23)13-8-14(22-17(21-13)12(9-19)10-20-22)11-5-6-15(24-2)16(7-11)25-3/h5-7,10,13-14,17,20-21H,4,8H2,1-3H3. The predicted molar refractivity (Wildman–Crippen MR) is 92.9 cm³/mol. The summed E-state index contributed by atoms with van der Waals surface area (Å²) < 4.78 is 15.9. The zero-order valence-corrected chi connectivity index (χ0v) is 15.0. The molecule has 138 valence electrons. The first kappa shape index (κ1) is 18.0. The Morgan fingerprint density at radius 3 is 2.77 bits per heavy atom. The van der Waals surface area contributed by atoms with Gasteiger partial charge in [-0.2, -0.15) is 10.3 Å². The molecule has 1 aromatic rings. The molecule has 0 radical (unpaired) electrons. The van der Waals surface area contributed by atoms with Crippen molar-refractivity contribution in [2.75, 3.05) is 20.8 Å². The second kappa shape index (κ2) is 7.64. The number of hydrogen-bond acceptors (Lipinski definition) is 8. The van der Waals surface area contributed by atoms with Gasteiger partial charge in [-0.25, -0.2) is 0 Å². The molecule has 1 fully saturated rings. The van der Waals surface area contributed by atoms with Gasteiger partial charge in [0.1, 0.15) is 12.2 Å². The summed E-state index contributed by atoms with van der Waals surface area (Å²) >= 11 is 0. The Bertz CT molecular complexity index is 758. The Labute approximate surface area is 152 Å². The lowest BCUT2D eigenvalue weighted by Crippen LogP contribution is -2.60. The molecule has 3 rings (SSSR count). The zero-order valence-electron chi connectivity index (χ0n) is 15.0. The summed E-state index contributed by atoms with van der Waals surface area (Å²) in [6.07, 6.45) is 1.74. The van der Waals surface area contributed by atoms with Crippen molar-refractivity contribution >= 4 is 5.97 Å². The maximum Gasteiger partial charge on any atom is 0.323 e.